The average Bonchev–Trinajstić information content (AvgIpc) is 3.12. The standard InChI is InChI=1S/C25H27FN6O/c1-14-21-10-18(26)6-7-20(21)24-17(13-30-32(24)2)8-15(11-27)23(31-19-4-3-5-19)16-9-22(33-14)25(28)29-12-16/h6-7,9-14,19H,3-5,8,27H2,1-2H3,(H2,28,29)/t14-/m1/s1. The molecule has 7 nitrogen and oxygen atoms in total. The Morgan fingerprint density at radius 3 is 2.79 bits per heavy atom. The molecule has 5 rings (SSSR count). The minimum atomic E-state index is -0.478. The van der Waals surface area contributed by atoms with E-state index in [0.29, 0.717) is 17.7 Å². The van der Waals surface area contributed by atoms with E-state index < -0.39 is 6.10 Å². The van der Waals surface area contributed by atoms with Gasteiger partial charge in [-0.1, -0.05) is 0 Å². The molecule has 3 aromatic rings. The summed E-state index contributed by atoms with van der Waals surface area (Å²) in [7, 11) is 1.88. The summed E-state index contributed by atoms with van der Waals surface area (Å²) in [5.74, 6) is 0.360. The number of anilines is 1. The zero-order valence-electron chi connectivity index (χ0n) is 18.8. The van der Waals surface area contributed by atoms with Crippen molar-refractivity contribution in [2.75, 3.05) is 5.73 Å². The van der Waals surface area contributed by atoms with Gasteiger partial charge in [-0.3, -0.25) is 9.67 Å². The smallest absolute Gasteiger partial charge is 0.166 e. The largest absolute Gasteiger partial charge is 0.482 e. The molecule has 170 valence electrons. The van der Waals surface area contributed by atoms with Crippen molar-refractivity contribution in [3.05, 3.63) is 70.9 Å². The summed E-state index contributed by atoms with van der Waals surface area (Å²) in [5.41, 5.74) is 18.2. The number of aryl methyl sites for hydroxylation is 1. The molecule has 0 unspecified atom stereocenters. The van der Waals surface area contributed by atoms with Gasteiger partial charge < -0.3 is 16.2 Å². The lowest BCUT2D eigenvalue weighted by molar-refractivity contribution is 0.227. The molecule has 2 bridgehead atoms. The number of ether oxygens (including phenoxy) is 1. The summed E-state index contributed by atoms with van der Waals surface area (Å²) in [6.07, 6.45) is 8.47. The summed E-state index contributed by atoms with van der Waals surface area (Å²) in [6, 6.07) is 6.84. The number of benzene rings is 1. The number of aromatic nitrogens is 3. The van der Waals surface area contributed by atoms with Crippen molar-refractivity contribution in [3.8, 4) is 17.0 Å². The molecule has 1 aliphatic heterocycles. The second kappa shape index (κ2) is 8.35. The maximum atomic E-state index is 14.3. The van der Waals surface area contributed by atoms with Gasteiger partial charge in [-0.15, -0.1) is 0 Å². The highest BCUT2D eigenvalue weighted by Crippen LogP contribution is 2.37. The van der Waals surface area contributed by atoms with E-state index in [-0.39, 0.29) is 17.7 Å². The Balaban J connectivity index is 1.75. The van der Waals surface area contributed by atoms with E-state index in [0.717, 1.165) is 46.5 Å². The lowest BCUT2D eigenvalue weighted by Crippen LogP contribution is -2.21. The molecule has 1 fully saturated rings. The minimum absolute atomic E-state index is 0.265. The average molecular weight is 447 g/mol. The van der Waals surface area contributed by atoms with Gasteiger partial charge in [-0.2, -0.15) is 5.10 Å². The van der Waals surface area contributed by atoms with E-state index >= 15 is 0 Å². The minimum Gasteiger partial charge on any atom is -0.482 e. The quantitative estimate of drug-likeness (QED) is 0.586. The van der Waals surface area contributed by atoms with E-state index in [4.69, 9.17) is 21.2 Å². The number of nitrogens with two attached hydrogens (primary N) is 2. The fourth-order valence-electron chi connectivity index (χ4n) is 4.45. The fraction of sp³-hybridized carbons (Fsp3) is 0.320. The van der Waals surface area contributed by atoms with Crippen molar-refractivity contribution >= 4 is 11.5 Å². The van der Waals surface area contributed by atoms with Crippen LogP contribution in [0.2, 0.25) is 0 Å². The Hall–Kier alpha value is -3.68. The maximum absolute atomic E-state index is 14.3. The molecular weight excluding hydrogens is 419 g/mol. The zero-order chi connectivity index (χ0) is 23.1. The molecule has 1 saturated carbocycles. The van der Waals surface area contributed by atoms with Crippen molar-refractivity contribution in [2.45, 2.75) is 44.8 Å². The number of pyridine rings is 1. The van der Waals surface area contributed by atoms with Crippen LogP contribution in [0.5, 0.6) is 5.75 Å². The second-order valence-electron chi connectivity index (χ2n) is 8.67. The third-order valence-corrected chi connectivity index (χ3v) is 6.45. The van der Waals surface area contributed by atoms with Crippen molar-refractivity contribution < 1.29 is 9.13 Å². The van der Waals surface area contributed by atoms with Crippen molar-refractivity contribution in [2.24, 2.45) is 17.8 Å². The van der Waals surface area contributed by atoms with Crippen LogP contribution >= 0.6 is 0 Å². The van der Waals surface area contributed by atoms with Crippen molar-refractivity contribution in [3.63, 3.8) is 0 Å². The highest BCUT2D eigenvalue weighted by Gasteiger charge is 2.25. The summed E-state index contributed by atoms with van der Waals surface area (Å²) >= 11 is 0. The SMILES string of the molecule is C[C@H]1Oc2cc(cnc2N)C(=NC2CCC2)C(=CN)Cc2cnn(C)c2-c2ccc(F)cc21. The first kappa shape index (κ1) is 21.2. The lowest BCUT2D eigenvalue weighted by atomic mass is 9.90. The van der Waals surface area contributed by atoms with E-state index in [9.17, 15) is 4.39 Å². The third-order valence-electron chi connectivity index (χ3n) is 6.45. The van der Waals surface area contributed by atoms with Crippen LogP contribution in [0, 0.1) is 5.82 Å². The number of hydrogen-bond donors (Lipinski definition) is 2. The number of nitrogen functional groups attached to an aromatic ring is 1. The summed E-state index contributed by atoms with van der Waals surface area (Å²) in [5, 5.41) is 4.50. The van der Waals surface area contributed by atoms with Gasteiger partial charge in [0.1, 0.15) is 11.9 Å². The van der Waals surface area contributed by atoms with Gasteiger partial charge in [0.15, 0.2) is 11.6 Å². The maximum Gasteiger partial charge on any atom is 0.166 e. The molecule has 0 radical (unpaired) electrons. The normalized spacial score (nSPS) is 20.9. The second-order valence-corrected chi connectivity index (χ2v) is 8.67. The van der Waals surface area contributed by atoms with Gasteiger partial charge in [-0.25, -0.2) is 9.37 Å². The molecule has 0 saturated heterocycles. The Morgan fingerprint density at radius 2 is 2.06 bits per heavy atom. The Morgan fingerprint density at radius 1 is 1.24 bits per heavy atom. The highest BCUT2D eigenvalue weighted by atomic mass is 19.1. The topological polar surface area (TPSA) is 104 Å². The Bertz CT molecular complexity index is 1270. The fourth-order valence-corrected chi connectivity index (χ4v) is 4.45. The highest BCUT2D eigenvalue weighted by molar-refractivity contribution is 6.13. The Labute approximate surface area is 192 Å². The van der Waals surface area contributed by atoms with Gasteiger partial charge in [-0.05, 0) is 62.2 Å². The number of allylic oxidation sites excluding steroid dienone is 1. The van der Waals surface area contributed by atoms with Gasteiger partial charge in [0, 0.05) is 41.9 Å². The molecule has 0 spiro atoms. The van der Waals surface area contributed by atoms with E-state index in [1.54, 1.807) is 23.1 Å². The molecule has 0 amide bonds. The van der Waals surface area contributed by atoms with Crippen LogP contribution in [0.3, 0.4) is 0 Å². The molecule has 2 aromatic heterocycles. The number of fused-ring (bicyclic) bond motifs is 5. The monoisotopic (exact) mass is 446 g/mol. The molecular formula is C25H27FN6O. The van der Waals surface area contributed by atoms with E-state index in [2.05, 4.69) is 10.1 Å². The van der Waals surface area contributed by atoms with Gasteiger partial charge >= 0.3 is 0 Å². The van der Waals surface area contributed by atoms with E-state index in [1.165, 1.54) is 18.6 Å². The molecule has 1 aromatic carbocycles. The third kappa shape index (κ3) is 3.86. The first-order valence-electron chi connectivity index (χ1n) is 11.2. The number of hydrogen-bond acceptors (Lipinski definition) is 6. The molecule has 2 aliphatic rings. The van der Waals surface area contributed by atoms with Crippen LogP contribution in [-0.2, 0) is 13.5 Å². The van der Waals surface area contributed by atoms with E-state index in [1.807, 2.05) is 26.2 Å². The van der Waals surface area contributed by atoms with Crippen LogP contribution in [0.1, 0.15) is 49.0 Å². The van der Waals surface area contributed by atoms with Crippen molar-refractivity contribution in [1.82, 2.24) is 14.8 Å². The van der Waals surface area contributed by atoms with Crippen LogP contribution in [0.25, 0.3) is 11.3 Å². The summed E-state index contributed by atoms with van der Waals surface area (Å²) < 4.78 is 22.3. The van der Waals surface area contributed by atoms with Crippen LogP contribution in [0.4, 0.5) is 10.2 Å². The molecule has 4 N–H and O–H groups in total. The number of halogens is 1. The number of nitrogens with zero attached hydrogens (tertiary/aromatic N) is 4. The summed E-state index contributed by atoms with van der Waals surface area (Å²) in [6.45, 7) is 1.88. The molecule has 3 heterocycles. The first-order chi connectivity index (χ1) is 15.9. The van der Waals surface area contributed by atoms with Crippen LogP contribution < -0.4 is 16.2 Å². The van der Waals surface area contributed by atoms with Crippen LogP contribution in [0.15, 0.2) is 53.4 Å². The predicted octanol–water partition coefficient (Wildman–Crippen LogP) is 4.08. The lowest BCUT2D eigenvalue weighted by Gasteiger charge is -2.25. The predicted molar refractivity (Wildman–Crippen MR) is 126 cm³/mol. The van der Waals surface area contributed by atoms with Gasteiger partial charge in [0.05, 0.1) is 23.6 Å². The van der Waals surface area contributed by atoms with Gasteiger partial charge in [0.2, 0.25) is 0 Å². The zero-order valence-corrected chi connectivity index (χ0v) is 18.8. The molecule has 8 heteroatoms. The summed E-state index contributed by atoms with van der Waals surface area (Å²) in [4.78, 5) is 9.40. The molecule has 1 aliphatic carbocycles. The first-order valence-corrected chi connectivity index (χ1v) is 11.2. The Kier molecular flexibility index (Phi) is 5.36. The van der Waals surface area contributed by atoms with Gasteiger partial charge in [0.25, 0.3) is 0 Å². The van der Waals surface area contributed by atoms with Crippen LogP contribution in [-0.4, -0.2) is 26.5 Å². The van der Waals surface area contributed by atoms with Crippen molar-refractivity contribution in [1.29, 1.82) is 0 Å². The number of aliphatic imine (C=N–C) groups is 1. The number of rotatable bonds is 1. The molecule has 1 atom stereocenters. The molecule has 33 heavy (non-hydrogen) atoms.